The zero-order chi connectivity index (χ0) is 15.7. The second-order valence-corrected chi connectivity index (χ2v) is 5.25. The Morgan fingerprint density at radius 2 is 1.71 bits per heavy atom. The number of hydrogen-bond donors (Lipinski definition) is 1. The molecule has 0 amide bonds. The normalized spacial score (nSPS) is 10.5. The summed E-state index contributed by atoms with van der Waals surface area (Å²) in [5.41, 5.74) is 2.81. The van der Waals surface area contributed by atoms with Crippen molar-refractivity contribution in [3.63, 3.8) is 0 Å². The summed E-state index contributed by atoms with van der Waals surface area (Å²) in [6.45, 7) is 7.09. The quantitative estimate of drug-likeness (QED) is 0.932. The predicted octanol–water partition coefficient (Wildman–Crippen LogP) is 3.85. The van der Waals surface area contributed by atoms with Crippen molar-refractivity contribution in [3.8, 4) is 11.6 Å². The van der Waals surface area contributed by atoms with Crippen LogP contribution in [-0.2, 0) is 0 Å². The molecule has 1 N–H and O–H groups in total. The molecule has 0 aliphatic heterocycles. The van der Waals surface area contributed by atoms with Gasteiger partial charge < -0.3 is 9.84 Å². The van der Waals surface area contributed by atoms with Crippen LogP contribution in [0, 0.1) is 27.7 Å². The standard InChI is InChI=1S/C15H15ClN2O3/c1-7-5-11(6-8(2)13(7)16)21-14-12(15(19)20)9(3)10(4)17-18-14/h5-6H,1-4H3,(H,19,20). The van der Waals surface area contributed by atoms with Crippen molar-refractivity contribution in [3.05, 3.63) is 45.1 Å². The highest BCUT2D eigenvalue weighted by atomic mass is 35.5. The lowest BCUT2D eigenvalue weighted by molar-refractivity contribution is 0.0692. The average Bonchev–Trinajstić information content (AvgIpc) is 2.40. The number of halogens is 1. The molecule has 0 fully saturated rings. The minimum absolute atomic E-state index is 0.0211. The van der Waals surface area contributed by atoms with Crippen LogP contribution in [0.15, 0.2) is 12.1 Å². The van der Waals surface area contributed by atoms with Gasteiger partial charge in [0.05, 0.1) is 5.69 Å². The van der Waals surface area contributed by atoms with E-state index in [-0.39, 0.29) is 11.4 Å². The molecule has 0 radical (unpaired) electrons. The first-order valence-electron chi connectivity index (χ1n) is 6.33. The summed E-state index contributed by atoms with van der Waals surface area (Å²) in [5.74, 6) is -0.635. The van der Waals surface area contributed by atoms with E-state index in [1.165, 1.54) is 0 Å². The molecule has 0 saturated carbocycles. The maximum atomic E-state index is 11.4. The van der Waals surface area contributed by atoms with E-state index < -0.39 is 5.97 Å². The van der Waals surface area contributed by atoms with Crippen LogP contribution < -0.4 is 4.74 Å². The predicted molar refractivity (Wildman–Crippen MR) is 79.5 cm³/mol. The monoisotopic (exact) mass is 306 g/mol. The van der Waals surface area contributed by atoms with Crippen LogP contribution in [0.1, 0.15) is 32.7 Å². The van der Waals surface area contributed by atoms with Crippen LogP contribution in [0.2, 0.25) is 5.02 Å². The van der Waals surface area contributed by atoms with Crippen molar-refractivity contribution in [2.75, 3.05) is 0 Å². The molecule has 0 atom stereocenters. The summed E-state index contributed by atoms with van der Waals surface area (Å²) in [4.78, 5) is 11.4. The molecular formula is C15H15ClN2O3. The molecule has 0 saturated heterocycles. The second-order valence-electron chi connectivity index (χ2n) is 4.87. The number of rotatable bonds is 3. The first kappa shape index (κ1) is 15.3. The molecule has 110 valence electrons. The number of carboxylic acids is 1. The lowest BCUT2D eigenvalue weighted by Gasteiger charge is -2.12. The summed E-state index contributed by atoms with van der Waals surface area (Å²) >= 11 is 6.10. The fraction of sp³-hybridized carbons (Fsp3) is 0.267. The SMILES string of the molecule is Cc1cc(Oc2nnc(C)c(C)c2C(=O)O)cc(C)c1Cl. The Labute approximate surface area is 127 Å². The van der Waals surface area contributed by atoms with Gasteiger partial charge in [-0.2, -0.15) is 5.10 Å². The molecule has 1 aromatic carbocycles. The number of carbonyl (C=O) groups is 1. The smallest absolute Gasteiger partial charge is 0.341 e. The van der Waals surface area contributed by atoms with Crippen molar-refractivity contribution >= 4 is 17.6 Å². The highest BCUT2D eigenvalue weighted by Crippen LogP contribution is 2.30. The van der Waals surface area contributed by atoms with Crippen molar-refractivity contribution in [1.29, 1.82) is 0 Å². The minimum Gasteiger partial charge on any atom is -0.477 e. The minimum atomic E-state index is -1.09. The molecule has 6 heteroatoms. The Morgan fingerprint density at radius 3 is 2.24 bits per heavy atom. The number of aryl methyl sites for hydroxylation is 3. The highest BCUT2D eigenvalue weighted by Gasteiger charge is 2.20. The maximum Gasteiger partial charge on any atom is 0.341 e. The number of benzene rings is 1. The third kappa shape index (κ3) is 2.97. The Kier molecular flexibility index (Phi) is 4.14. The topological polar surface area (TPSA) is 72.3 Å². The summed E-state index contributed by atoms with van der Waals surface area (Å²) in [6, 6.07) is 3.47. The Hall–Kier alpha value is -2.14. The fourth-order valence-electron chi connectivity index (χ4n) is 1.99. The van der Waals surface area contributed by atoms with Gasteiger partial charge in [0.25, 0.3) is 5.88 Å². The number of carboxylic acid groups (broad SMARTS) is 1. The van der Waals surface area contributed by atoms with Gasteiger partial charge in [0.1, 0.15) is 11.3 Å². The van der Waals surface area contributed by atoms with Gasteiger partial charge in [-0.15, -0.1) is 5.10 Å². The van der Waals surface area contributed by atoms with Gasteiger partial charge in [-0.25, -0.2) is 4.79 Å². The molecular weight excluding hydrogens is 292 g/mol. The molecule has 2 rings (SSSR count). The van der Waals surface area contributed by atoms with Gasteiger partial charge in [-0.05, 0) is 56.5 Å². The van der Waals surface area contributed by atoms with Gasteiger partial charge in [0, 0.05) is 5.02 Å². The zero-order valence-corrected chi connectivity index (χ0v) is 12.9. The summed E-state index contributed by atoms with van der Waals surface area (Å²) in [6.07, 6.45) is 0. The number of aromatic nitrogens is 2. The molecule has 5 nitrogen and oxygen atoms in total. The highest BCUT2D eigenvalue weighted by molar-refractivity contribution is 6.32. The van der Waals surface area contributed by atoms with Gasteiger partial charge in [-0.3, -0.25) is 0 Å². The van der Waals surface area contributed by atoms with Crippen LogP contribution in [0.25, 0.3) is 0 Å². The number of aromatic carboxylic acids is 1. The average molecular weight is 307 g/mol. The molecule has 21 heavy (non-hydrogen) atoms. The van der Waals surface area contributed by atoms with E-state index in [4.69, 9.17) is 16.3 Å². The Morgan fingerprint density at radius 1 is 1.14 bits per heavy atom. The van der Waals surface area contributed by atoms with E-state index in [1.54, 1.807) is 26.0 Å². The van der Waals surface area contributed by atoms with Crippen molar-refractivity contribution in [2.24, 2.45) is 0 Å². The van der Waals surface area contributed by atoms with Gasteiger partial charge in [-0.1, -0.05) is 11.6 Å². The fourth-order valence-corrected chi connectivity index (χ4v) is 2.10. The first-order chi connectivity index (χ1) is 9.81. The number of hydrogen-bond acceptors (Lipinski definition) is 4. The molecule has 0 spiro atoms. The summed E-state index contributed by atoms with van der Waals surface area (Å²) in [7, 11) is 0. The third-order valence-electron chi connectivity index (χ3n) is 3.26. The Balaban J connectivity index is 2.50. The summed E-state index contributed by atoms with van der Waals surface area (Å²) < 4.78 is 5.61. The lowest BCUT2D eigenvalue weighted by Crippen LogP contribution is -2.08. The van der Waals surface area contributed by atoms with Crippen LogP contribution in [0.5, 0.6) is 11.6 Å². The van der Waals surface area contributed by atoms with Crippen LogP contribution in [-0.4, -0.2) is 21.3 Å². The number of ether oxygens (including phenoxy) is 1. The molecule has 1 aromatic heterocycles. The zero-order valence-electron chi connectivity index (χ0n) is 12.2. The lowest BCUT2D eigenvalue weighted by atomic mass is 10.1. The van der Waals surface area contributed by atoms with Gasteiger partial charge >= 0.3 is 5.97 Å². The second kappa shape index (κ2) is 5.69. The van der Waals surface area contributed by atoms with E-state index in [2.05, 4.69) is 10.2 Å². The van der Waals surface area contributed by atoms with Crippen LogP contribution >= 0.6 is 11.6 Å². The largest absolute Gasteiger partial charge is 0.477 e. The third-order valence-corrected chi connectivity index (χ3v) is 3.86. The van der Waals surface area contributed by atoms with Crippen molar-refractivity contribution in [1.82, 2.24) is 10.2 Å². The molecule has 0 bridgehead atoms. The van der Waals surface area contributed by atoms with Crippen molar-refractivity contribution in [2.45, 2.75) is 27.7 Å². The van der Waals surface area contributed by atoms with E-state index in [9.17, 15) is 9.90 Å². The molecule has 2 aromatic rings. The van der Waals surface area contributed by atoms with Gasteiger partial charge in [0.15, 0.2) is 0 Å². The van der Waals surface area contributed by atoms with E-state index in [0.717, 1.165) is 11.1 Å². The molecule has 0 unspecified atom stereocenters. The van der Waals surface area contributed by atoms with E-state index in [1.807, 2.05) is 13.8 Å². The summed E-state index contributed by atoms with van der Waals surface area (Å²) in [5, 5.41) is 17.8. The molecule has 0 aliphatic rings. The molecule has 0 aliphatic carbocycles. The van der Waals surface area contributed by atoms with Crippen LogP contribution in [0.3, 0.4) is 0 Å². The molecule has 1 heterocycles. The van der Waals surface area contributed by atoms with Crippen LogP contribution in [0.4, 0.5) is 0 Å². The first-order valence-corrected chi connectivity index (χ1v) is 6.70. The van der Waals surface area contributed by atoms with E-state index in [0.29, 0.717) is 22.0 Å². The Bertz CT molecular complexity index is 706. The van der Waals surface area contributed by atoms with Crippen molar-refractivity contribution < 1.29 is 14.6 Å². The van der Waals surface area contributed by atoms with E-state index >= 15 is 0 Å². The number of nitrogens with zero attached hydrogens (tertiary/aromatic N) is 2. The van der Waals surface area contributed by atoms with Gasteiger partial charge in [0.2, 0.25) is 0 Å². The maximum absolute atomic E-state index is 11.4.